The van der Waals surface area contributed by atoms with Gasteiger partial charge in [0.25, 0.3) is 5.91 Å². The molecule has 0 aliphatic heterocycles. The highest BCUT2D eigenvalue weighted by Crippen LogP contribution is 2.68. The van der Waals surface area contributed by atoms with E-state index >= 15 is 0 Å². The van der Waals surface area contributed by atoms with Crippen molar-refractivity contribution in [3.63, 3.8) is 0 Å². The third kappa shape index (κ3) is 3.86. The zero-order chi connectivity index (χ0) is 20.9. The van der Waals surface area contributed by atoms with Gasteiger partial charge in [-0.2, -0.15) is 0 Å². The summed E-state index contributed by atoms with van der Waals surface area (Å²) >= 11 is 6.04. The van der Waals surface area contributed by atoms with E-state index in [1.54, 1.807) is 12.3 Å². The molecule has 1 amide bonds. The summed E-state index contributed by atoms with van der Waals surface area (Å²) in [7, 11) is -3.69. The predicted molar refractivity (Wildman–Crippen MR) is 105 cm³/mol. The average molecular weight is 427 g/mol. The number of hydrogen-bond acceptors (Lipinski definition) is 6. The molecule has 10 heteroatoms. The highest BCUT2D eigenvalue weighted by Gasteiger charge is 2.64. The number of amides is 1. The number of ether oxygens (including phenoxy) is 1. The van der Waals surface area contributed by atoms with Gasteiger partial charge in [-0.1, -0.05) is 39.3 Å². The van der Waals surface area contributed by atoms with Crippen LogP contribution in [0.5, 0.6) is 5.88 Å². The molecule has 1 saturated carbocycles. The number of aromatic nitrogens is 3. The number of pyridine rings is 1. The number of hydrogen-bond donors (Lipinski definition) is 1. The second-order valence-corrected chi connectivity index (χ2v) is 10.2. The van der Waals surface area contributed by atoms with Crippen LogP contribution in [-0.4, -0.2) is 42.0 Å². The van der Waals surface area contributed by atoms with Crippen LogP contribution >= 0.6 is 11.6 Å². The molecule has 0 bridgehead atoms. The van der Waals surface area contributed by atoms with E-state index in [1.807, 2.05) is 4.72 Å². The van der Waals surface area contributed by atoms with Crippen molar-refractivity contribution in [1.29, 1.82) is 0 Å². The van der Waals surface area contributed by atoms with E-state index in [9.17, 15) is 13.2 Å². The molecule has 2 aromatic rings. The van der Waals surface area contributed by atoms with Crippen LogP contribution in [0.2, 0.25) is 5.15 Å². The summed E-state index contributed by atoms with van der Waals surface area (Å²) in [5.74, 6) is 0.453. The number of halogens is 1. The summed E-state index contributed by atoms with van der Waals surface area (Å²) < 4.78 is 31.5. The molecule has 2 heterocycles. The van der Waals surface area contributed by atoms with Gasteiger partial charge in [0.1, 0.15) is 5.15 Å². The fourth-order valence-electron chi connectivity index (χ4n) is 3.38. The van der Waals surface area contributed by atoms with Crippen molar-refractivity contribution in [2.45, 2.75) is 27.7 Å². The van der Waals surface area contributed by atoms with Crippen LogP contribution in [0, 0.1) is 16.7 Å². The van der Waals surface area contributed by atoms with Gasteiger partial charge in [0.2, 0.25) is 15.9 Å². The van der Waals surface area contributed by atoms with Gasteiger partial charge in [-0.3, -0.25) is 4.79 Å². The van der Waals surface area contributed by atoms with Crippen molar-refractivity contribution in [3.05, 3.63) is 35.1 Å². The largest absolute Gasteiger partial charge is 0.476 e. The molecule has 2 aromatic heterocycles. The van der Waals surface area contributed by atoms with Crippen LogP contribution in [0.25, 0.3) is 5.82 Å². The Labute approximate surface area is 169 Å². The Morgan fingerprint density at radius 3 is 2.43 bits per heavy atom. The summed E-state index contributed by atoms with van der Waals surface area (Å²) in [4.78, 5) is 16.1. The van der Waals surface area contributed by atoms with Gasteiger partial charge in [-0.25, -0.2) is 22.8 Å². The molecule has 1 aliphatic carbocycles. The zero-order valence-corrected chi connectivity index (χ0v) is 17.9. The molecule has 1 N–H and O–H groups in total. The number of nitrogens with zero attached hydrogens (tertiary/aromatic N) is 3. The first-order valence-electron chi connectivity index (χ1n) is 8.70. The van der Waals surface area contributed by atoms with Gasteiger partial charge in [0.05, 0.1) is 18.4 Å². The van der Waals surface area contributed by atoms with E-state index in [0.717, 1.165) is 6.26 Å². The smallest absolute Gasteiger partial charge is 0.267 e. The van der Waals surface area contributed by atoms with Crippen molar-refractivity contribution >= 4 is 27.5 Å². The van der Waals surface area contributed by atoms with E-state index in [1.165, 1.54) is 16.8 Å². The van der Waals surface area contributed by atoms with Crippen molar-refractivity contribution in [1.82, 2.24) is 19.5 Å². The zero-order valence-electron chi connectivity index (χ0n) is 16.4. The van der Waals surface area contributed by atoms with Crippen LogP contribution < -0.4 is 9.46 Å². The van der Waals surface area contributed by atoms with E-state index in [4.69, 9.17) is 16.3 Å². The molecule has 8 nitrogen and oxygen atoms in total. The molecule has 0 unspecified atom stereocenters. The lowest BCUT2D eigenvalue weighted by molar-refractivity contribution is 0.0981. The molecule has 0 spiro atoms. The normalized spacial score (nSPS) is 17.9. The Hall–Kier alpha value is -2.13. The molecule has 0 radical (unpaired) electrons. The maximum atomic E-state index is 11.9. The monoisotopic (exact) mass is 426 g/mol. The second-order valence-electron chi connectivity index (χ2n) is 8.12. The number of sulfonamides is 1. The Bertz CT molecular complexity index is 1020. The Kier molecular flexibility index (Phi) is 4.95. The minimum atomic E-state index is -3.69. The Morgan fingerprint density at radius 1 is 1.25 bits per heavy atom. The van der Waals surface area contributed by atoms with Gasteiger partial charge in [0.15, 0.2) is 5.82 Å². The summed E-state index contributed by atoms with van der Waals surface area (Å²) in [5, 5.41) is 4.20. The highest BCUT2D eigenvalue weighted by molar-refractivity contribution is 7.89. The first-order chi connectivity index (χ1) is 12.8. The summed E-state index contributed by atoms with van der Waals surface area (Å²) in [6.45, 7) is 9.50. The van der Waals surface area contributed by atoms with Crippen LogP contribution in [0.4, 0.5) is 0 Å². The molecule has 1 fully saturated rings. The van der Waals surface area contributed by atoms with E-state index in [2.05, 4.69) is 37.8 Å². The fourth-order valence-corrected chi connectivity index (χ4v) is 4.06. The van der Waals surface area contributed by atoms with Crippen LogP contribution in [0.15, 0.2) is 24.4 Å². The summed E-state index contributed by atoms with van der Waals surface area (Å²) in [6, 6.07) is 4.64. The summed E-state index contributed by atoms with van der Waals surface area (Å²) in [6.07, 6.45) is 2.56. The lowest BCUT2D eigenvalue weighted by Gasteiger charge is -2.07. The minimum Gasteiger partial charge on any atom is -0.476 e. The van der Waals surface area contributed by atoms with Gasteiger partial charge in [0, 0.05) is 18.2 Å². The average Bonchev–Trinajstić information content (AvgIpc) is 2.90. The van der Waals surface area contributed by atoms with Crippen LogP contribution in [0.1, 0.15) is 38.1 Å². The first-order valence-corrected chi connectivity index (χ1v) is 11.0. The third-order valence-electron chi connectivity index (χ3n) is 5.87. The standard InChI is InChI=1S/C18H23ClN4O4S/c1-17(2)12(18(17,3)4)10-27-14-8-9-23(21-14)13-7-6-11(15(19)20-13)16(24)22-28(5,25)26/h6-9,12H,10H2,1-5H3,(H,22,24). The second kappa shape index (κ2) is 6.73. The maximum Gasteiger partial charge on any atom is 0.267 e. The molecule has 0 aromatic carbocycles. The maximum absolute atomic E-state index is 11.9. The van der Waals surface area contributed by atoms with Crippen molar-refractivity contribution in [2.75, 3.05) is 12.9 Å². The van der Waals surface area contributed by atoms with Crippen molar-refractivity contribution in [3.8, 4) is 11.7 Å². The molecular formula is C18H23ClN4O4S. The SMILES string of the molecule is CC1(C)C(COc2ccn(-c3ccc(C(=O)NS(C)(=O)=O)c(Cl)n3)n2)C1(C)C. The van der Waals surface area contributed by atoms with Crippen molar-refractivity contribution in [2.24, 2.45) is 16.7 Å². The molecule has 0 atom stereocenters. The minimum absolute atomic E-state index is 0.0438. The lowest BCUT2D eigenvalue weighted by Crippen LogP contribution is -2.29. The van der Waals surface area contributed by atoms with E-state index in [-0.39, 0.29) is 21.5 Å². The van der Waals surface area contributed by atoms with E-state index < -0.39 is 15.9 Å². The van der Waals surface area contributed by atoms with E-state index in [0.29, 0.717) is 24.2 Å². The van der Waals surface area contributed by atoms with Gasteiger partial charge in [-0.15, -0.1) is 5.10 Å². The number of carbonyl (C=O) groups is 1. The Balaban J connectivity index is 1.70. The highest BCUT2D eigenvalue weighted by atomic mass is 35.5. The first kappa shape index (κ1) is 20.6. The lowest BCUT2D eigenvalue weighted by atomic mass is 10.0. The molecule has 152 valence electrons. The van der Waals surface area contributed by atoms with Gasteiger partial charge in [-0.05, 0) is 23.0 Å². The third-order valence-corrected chi connectivity index (χ3v) is 6.72. The molecule has 0 saturated heterocycles. The molecule has 3 rings (SSSR count). The molecule has 28 heavy (non-hydrogen) atoms. The Morgan fingerprint density at radius 2 is 1.89 bits per heavy atom. The number of nitrogens with one attached hydrogen (secondary N) is 1. The van der Waals surface area contributed by atoms with Gasteiger partial charge < -0.3 is 4.74 Å². The van der Waals surface area contributed by atoms with Gasteiger partial charge >= 0.3 is 0 Å². The number of carbonyl (C=O) groups excluding carboxylic acids is 1. The number of rotatable bonds is 6. The molecular weight excluding hydrogens is 404 g/mol. The summed E-state index contributed by atoms with van der Waals surface area (Å²) in [5.41, 5.74) is 0.415. The van der Waals surface area contributed by atoms with Crippen molar-refractivity contribution < 1.29 is 17.9 Å². The fraction of sp³-hybridized carbons (Fsp3) is 0.500. The van der Waals surface area contributed by atoms with Crippen LogP contribution in [-0.2, 0) is 10.0 Å². The topological polar surface area (TPSA) is 103 Å². The molecule has 1 aliphatic rings. The predicted octanol–water partition coefficient (Wildman–Crippen LogP) is 2.67. The quantitative estimate of drug-likeness (QED) is 0.712. The van der Waals surface area contributed by atoms with Crippen LogP contribution in [0.3, 0.4) is 0 Å².